The van der Waals surface area contributed by atoms with Crippen molar-refractivity contribution in [2.45, 2.75) is 30.9 Å². The summed E-state index contributed by atoms with van der Waals surface area (Å²) in [6.07, 6.45) is 1.81. The topological polar surface area (TPSA) is 87.9 Å². The number of aromatic nitrogens is 4. The number of carbonyl (C=O) groups excluding carboxylic acids is 1. The number of H-pyrrole nitrogens is 1. The number of thioether (sulfide) groups is 1. The van der Waals surface area contributed by atoms with Crippen molar-refractivity contribution >= 4 is 29.3 Å². The van der Waals surface area contributed by atoms with Crippen molar-refractivity contribution in [2.24, 2.45) is 0 Å². The molecule has 9 heteroatoms. The first-order valence-electron chi connectivity index (χ1n) is 9.11. The van der Waals surface area contributed by atoms with Crippen molar-refractivity contribution in [3.8, 4) is 11.3 Å². The highest BCUT2D eigenvalue weighted by molar-refractivity contribution is 7.99. The molecule has 1 fully saturated rings. The Morgan fingerprint density at radius 2 is 2.11 bits per heavy atom. The van der Waals surface area contributed by atoms with E-state index in [1.54, 1.807) is 6.92 Å². The maximum atomic E-state index is 12.4. The number of aryl methyl sites for hydroxylation is 1. The van der Waals surface area contributed by atoms with Gasteiger partial charge in [-0.25, -0.2) is 0 Å². The molecule has 1 amide bonds. The van der Waals surface area contributed by atoms with E-state index in [0.29, 0.717) is 27.8 Å². The number of hydrogen-bond donors (Lipinski definition) is 1. The minimum absolute atomic E-state index is 0.0978. The average Bonchev–Trinajstić information content (AvgIpc) is 3.36. The molecule has 0 bridgehead atoms. The maximum Gasteiger partial charge on any atom is 0.277 e. The summed E-state index contributed by atoms with van der Waals surface area (Å²) in [5.74, 6) is 1.28. The third kappa shape index (κ3) is 4.23. The van der Waals surface area contributed by atoms with E-state index < -0.39 is 0 Å². The Morgan fingerprint density at radius 3 is 2.82 bits per heavy atom. The number of halogens is 1. The Bertz CT molecular complexity index is 965. The van der Waals surface area contributed by atoms with Crippen molar-refractivity contribution in [1.29, 1.82) is 0 Å². The molecular formula is C19H20ClN5O2S. The van der Waals surface area contributed by atoms with Crippen LogP contribution >= 0.6 is 23.4 Å². The number of carbonyl (C=O) groups is 1. The predicted octanol–water partition coefficient (Wildman–Crippen LogP) is 3.92. The molecule has 1 N–H and O–H groups in total. The molecule has 0 spiro atoms. The minimum atomic E-state index is 0.0978. The van der Waals surface area contributed by atoms with Gasteiger partial charge in [0.05, 0.1) is 16.5 Å². The largest absolute Gasteiger partial charge is 0.416 e. The summed E-state index contributed by atoms with van der Waals surface area (Å²) < 4.78 is 5.29. The number of benzene rings is 1. The van der Waals surface area contributed by atoms with Gasteiger partial charge in [0.2, 0.25) is 11.8 Å². The van der Waals surface area contributed by atoms with Crippen LogP contribution in [0.1, 0.15) is 30.3 Å². The molecule has 146 valence electrons. The van der Waals surface area contributed by atoms with E-state index in [4.69, 9.17) is 16.0 Å². The van der Waals surface area contributed by atoms with Crippen LogP contribution in [0, 0.1) is 6.92 Å². The van der Waals surface area contributed by atoms with Crippen LogP contribution in [0.4, 0.5) is 0 Å². The number of rotatable bonds is 5. The Hall–Kier alpha value is -2.32. The Balaban J connectivity index is 1.32. The molecule has 3 heterocycles. The molecule has 4 rings (SSSR count). The van der Waals surface area contributed by atoms with Crippen molar-refractivity contribution < 1.29 is 9.21 Å². The highest BCUT2D eigenvalue weighted by Gasteiger charge is 2.25. The van der Waals surface area contributed by atoms with E-state index in [2.05, 4.69) is 26.5 Å². The summed E-state index contributed by atoms with van der Waals surface area (Å²) in [6, 6.07) is 9.75. The fraction of sp³-hybridized carbons (Fsp3) is 0.368. The zero-order chi connectivity index (χ0) is 19.5. The van der Waals surface area contributed by atoms with E-state index in [1.807, 2.05) is 29.2 Å². The Labute approximate surface area is 171 Å². The standard InChI is InChI=1S/C19H20ClN5O2S/c1-12-21-24-19(27-12)28-11-18(26)25-8-6-13(7-9-25)16-10-17(23-22-16)14-4-2-3-5-15(14)20/h2-5,10,13H,6-9,11H2,1H3,(H,22,23). The Morgan fingerprint density at radius 1 is 1.32 bits per heavy atom. The molecule has 3 aromatic rings. The second-order valence-electron chi connectivity index (χ2n) is 6.72. The van der Waals surface area contributed by atoms with Crippen LogP contribution in [0.2, 0.25) is 5.02 Å². The number of nitrogens with zero attached hydrogens (tertiary/aromatic N) is 4. The SMILES string of the molecule is Cc1nnc(SCC(=O)N2CCC(c3cc(-c4ccccc4Cl)n[nH]3)CC2)o1. The van der Waals surface area contributed by atoms with Crippen LogP contribution in [-0.2, 0) is 4.79 Å². The fourth-order valence-corrected chi connectivity index (χ4v) is 4.28. The second kappa shape index (κ2) is 8.36. The molecular weight excluding hydrogens is 398 g/mol. The molecule has 0 aliphatic carbocycles. The third-order valence-corrected chi connectivity index (χ3v) is 5.99. The van der Waals surface area contributed by atoms with Crippen molar-refractivity contribution in [1.82, 2.24) is 25.3 Å². The van der Waals surface area contributed by atoms with E-state index in [-0.39, 0.29) is 5.91 Å². The molecule has 1 aliphatic heterocycles. The zero-order valence-electron chi connectivity index (χ0n) is 15.4. The predicted molar refractivity (Wildman–Crippen MR) is 107 cm³/mol. The van der Waals surface area contributed by atoms with Crippen molar-refractivity contribution in [3.63, 3.8) is 0 Å². The lowest BCUT2D eigenvalue weighted by Gasteiger charge is -2.31. The van der Waals surface area contributed by atoms with Gasteiger partial charge >= 0.3 is 0 Å². The first kappa shape index (κ1) is 19.0. The summed E-state index contributed by atoms with van der Waals surface area (Å²) in [5.41, 5.74) is 2.87. The van der Waals surface area contributed by atoms with Crippen LogP contribution in [0.3, 0.4) is 0 Å². The molecule has 1 saturated heterocycles. The zero-order valence-corrected chi connectivity index (χ0v) is 17.0. The lowest BCUT2D eigenvalue weighted by atomic mass is 9.93. The van der Waals surface area contributed by atoms with Crippen LogP contribution in [0.5, 0.6) is 0 Å². The highest BCUT2D eigenvalue weighted by Crippen LogP contribution is 2.32. The average molecular weight is 418 g/mol. The van der Waals surface area contributed by atoms with Gasteiger partial charge in [-0.1, -0.05) is 41.6 Å². The maximum absolute atomic E-state index is 12.4. The molecule has 28 heavy (non-hydrogen) atoms. The second-order valence-corrected chi connectivity index (χ2v) is 8.05. The van der Waals surface area contributed by atoms with E-state index in [1.165, 1.54) is 11.8 Å². The van der Waals surface area contributed by atoms with Crippen LogP contribution in [-0.4, -0.2) is 50.0 Å². The van der Waals surface area contributed by atoms with Crippen molar-refractivity contribution in [2.75, 3.05) is 18.8 Å². The fourth-order valence-electron chi connectivity index (χ4n) is 3.34. The monoisotopic (exact) mass is 417 g/mol. The van der Waals surface area contributed by atoms with E-state index in [9.17, 15) is 4.79 Å². The number of piperidine rings is 1. The number of hydrogen-bond acceptors (Lipinski definition) is 6. The van der Waals surface area contributed by atoms with E-state index in [0.717, 1.165) is 42.9 Å². The molecule has 0 atom stereocenters. The van der Waals surface area contributed by atoms with Gasteiger partial charge in [-0.05, 0) is 25.0 Å². The normalized spacial score (nSPS) is 15.1. The summed E-state index contributed by atoms with van der Waals surface area (Å²) in [5, 5.41) is 16.4. The number of nitrogens with one attached hydrogen (secondary N) is 1. The van der Waals surface area contributed by atoms with Gasteiger partial charge in [-0.2, -0.15) is 5.10 Å². The van der Waals surface area contributed by atoms with Crippen molar-refractivity contribution in [3.05, 3.63) is 46.9 Å². The summed E-state index contributed by atoms with van der Waals surface area (Å²) in [6.45, 7) is 3.19. The smallest absolute Gasteiger partial charge is 0.277 e. The quantitative estimate of drug-likeness (QED) is 0.633. The highest BCUT2D eigenvalue weighted by atomic mass is 35.5. The minimum Gasteiger partial charge on any atom is -0.416 e. The van der Waals surface area contributed by atoms with E-state index >= 15 is 0 Å². The van der Waals surface area contributed by atoms with Gasteiger partial charge in [0.15, 0.2) is 0 Å². The van der Waals surface area contributed by atoms with Gasteiger partial charge in [-0.3, -0.25) is 9.89 Å². The molecule has 0 radical (unpaired) electrons. The van der Waals surface area contributed by atoms with Gasteiger partial charge in [0, 0.05) is 37.2 Å². The molecule has 2 aromatic heterocycles. The number of aromatic amines is 1. The third-order valence-electron chi connectivity index (χ3n) is 4.86. The molecule has 1 aliphatic rings. The van der Waals surface area contributed by atoms with Gasteiger partial charge in [-0.15, -0.1) is 10.2 Å². The van der Waals surface area contributed by atoms with Crippen LogP contribution in [0.15, 0.2) is 40.0 Å². The molecule has 0 saturated carbocycles. The first-order valence-corrected chi connectivity index (χ1v) is 10.5. The van der Waals surface area contributed by atoms with Crippen LogP contribution in [0.25, 0.3) is 11.3 Å². The molecule has 1 aromatic carbocycles. The lowest BCUT2D eigenvalue weighted by Crippen LogP contribution is -2.39. The summed E-state index contributed by atoms with van der Waals surface area (Å²) in [4.78, 5) is 14.3. The van der Waals surface area contributed by atoms with Gasteiger partial charge in [0.25, 0.3) is 5.22 Å². The molecule has 0 unspecified atom stereocenters. The summed E-state index contributed by atoms with van der Waals surface area (Å²) in [7, 11) is 0. The van der Waals surface area contributed by atoms with Gasteiger partial charge in [0.1, 0.15) is 0 Å². The van der Waals surface area contributed by atoms with Gasteiger partial charge < -0.3 is 9.32 Å². The van der Waals surface area contributed by atoms with Crippen LogP contribution < -0.4 is 0 Å². The number of likely N-dealkylation sites (tertiary alicyclic amines) is 1. The lowest BCUT2D eigenvalue weighted by molar-refractivity contribution is -0.129. The Kier molecular flexibility index (Phi) is 5.68. The number of amides is 1. The molecule has 7 nitrogen and oxygen atoms in total. The first-order chi connectivity index (χ1) is 13.6. The summed E-state index contributed by atoms with van der Waals surface area (Å²) >= 11 is 7.55.